The van der Waals surface area contributed by atoms with Crippen molar-refractivity contribution >= 4 is 22.1 Å². The Balaban J connectivity index is 1.95. The van der Waals surface area contributed by atoms with Crippen LogP contribution >= 0.6 is 0 Å². The van der Waals surface area contributed by atoms with Gasteiger partial charge in [-0.3, -0.25) is 0 Å². The fraction of sp³-hybridized carbons (Fsp3) is 0.200. The van der Waals surface area contributed by atoms with E-state index in [2.05, 4.69) is 11.8 Å². The molecule has 1 nitrogen and oxygen atoms in total. The number of hydrogen-bond donors (Lipinski definition) is 0. The quantitative estimate of drug-likeness (QED) is 0.521. The second-order valence-corrected chi connectivity index (χ2v) is 6.24. The lowest BCUT2D eigenvalue weighted by atomic mass is 9.93. The number of hydrogen-bond acceptors (Lipinski definition) is 1. The molecule has 1 heterocycles. The van der Waals surface area contributed by atoms with Crippen LogP contribution in [0.5, 0.6) is 0 Å². The molecule has 3 aromatic carbocycles. The Kier molecular flexibility index (Phi) is 3.30. The van der Waals surface area contributed by atoms with Crippen molar-refractivity contribution < 1.29 is 13.2 Å². The van der Waals surface area contributed by atoms with Crippen molar-refractivity contribution in [3.8, 4) is 0 Å². The van der Waals surface area contributed by atoms with Gasteiger partial charge < -0.3 is 4.90 Å². The highest BCUT2D eigenvalue weighted by Crippen LogP contribution is 2.46. The summed E-state index contributed by atoms with van der Waals surface area (Å²) in [6, 6.07) is 17.8. The molecule has 0 spiro atoms. The predicted octanol–water partition coefficient (Wildman–Crippen LogP) is 6.11. The average molecular weight is 327 g/mol. The number of fused-ring (bicyclic) bond motifs is 3. The minimum atomic E-state index is -4.34. The fourth-order valence-corrected chi connectivity index (χ4v) is 3.69. The van der Waals surface area contributed by atoms with E-state index in [0.717, 1.165) is 29.5 Å². The van der Waals surface area contributed by atoms with E-state index in [9.17, 15) is 13.2 Å². The molecule has 4 rings (SSSR count). The summed E-state index contributed by atoms with van der Waals surface area (Å²) in [5, 5.41) is 0.985. The molecule has 4 heteroatoms. The number of anilines is 2. The largest absolute Gasteiger partial charge is 0.417 e. The third-order valence-corrected chi connectivity index (χ3v) is 4.69. The Morgan fingerprint density at radius 2 is 1.62 bits per heavy atom. The Morgan fingerprint density at radius 1 is 0.875 bits per heavy atom. The van der Waals surface area contributed by atoms with Gasteiger partial charge in [-0.15, -0.1) is 0 Å². The van der Waals surface area contributed by atoms with Gasteiger partial charge in [0.25, 0.3) is 0 Å². The molecule has 24 heavy (non-hydrogen) atoms. The Morgan fingerprint density at radius 3 is 2.33 bits per heavy atom. The maximum Gasteiger partial charge on any atom is 0.417 e. The molecule has 0 N–H and O–H groups in total. The highest BCUT2D eigenvalue weighted by Gasteiger charge is 2.34. The van der Waals surface area contributed by atoms with E-state index >= 15 is 0 Å². The SMILES string of the molecule is CC1CN(c2ccccc2)c2ccc3c(C(F)(F)F)cccc3c21. The molecule has 1 aliphatic rings. The van der Waals surface area contributed by atoms with E-state index in [1.54, 1.807) is 12.1 Å². The van der Waals surface area contributed by atoms with Crippen LogP contribution in [0.3, 0.4) is 0 Å². The topological polar surface area (TPSA) is 3.24 Å². The zero-order chi connectivity index (χ0) is 16.9. The van der Waals surface area contributed by atoms with Crippen molar-refractivity contribution in [3.63, 3.8) is 0 Å². The van der Waals surface area contributed by atoms with Crippen LogP contribution in [0.1, 0.15) is 24.0 Å². The molecule has 0 fully saturated rings. The van der Waals surface area contributed by atoms with Crippen molar-refractivity contribution in [2.24, 2.45) is 0 Å². The van der Waals surface area contributed by atoms with Crippen molar-refractivity contribution in [1.82, 2.24) is 0 Å². The van der Waals surface area contributed by atoms with E-state index in [1.165, 1.54) is 6.07 Å². The van der Waals surface area contributed by atoms with Crippen LogP contribution in [0.2, 0.25) is 0 Å². The smallest absolute Gasteiger partial charge is 0.341 e. The van der Waals surface area contributed by atoms with E-state index in [4.69, 9.17) is 0 Å². The van der Waals surface area contributed by atoms with Gasteiger partial charge in [0.2, 0.25) is 0 Å². The van der Waals surface area contributed by atoms with Crippen LogP contribution < -0.4 is 4.90 Å². The standard InChI is InChI=1S/C20H16F3N/c1-13-12-24(14-6-3-2-4-7-14)18-11-10-15-16(19(13)18)8-5-9-17(15)20(21,22)23/h2-11,13H,12H2,1H3. The molecule has 1 atom stereocenters. The van der Waals surface area contributed by atoms with Crippen molar-refractivity contribution in [1.29, 1.82) is 0 Å². The first kappa shape index (κ1) is 15.1. The normalized spacial score (nSPS) is 17.3. The Hall–Kier alpha value is -2.49. The summed E-state index contributed by atoms with van der Waals surface area (Å²) < 4.78 is 39.9. The summed E-state index contributed by atoms with van der Waals surface area (Å²) in [6.45, 7) is 2.84. The molecule has 0 radical (unpaired) electrons. The Labute approximate surface area is 138 Å². The number of para-hydroxylation sites is 1. The number of benzene rings is 3. The monoisotopic (exact) mass is 327 g/mol. The third kappa shape index (κ3) is 2.25. The zero-order valence-corrected chi connectivity index (χ0v) is 13.1. The maximum absolute atomic E-state index is 13.3. The zero-order valence-electron chi connectivity index (χ0n) is 13.1. The molecular weight excluding hydrogens is 311 g/mol. The number of rotatable bonds is 1. The molecule has 3 aromatic rings. The lowest BCUT2D eigenvalue weighted by Crippen LogP contribution is -2.14. The second-order valence-electron chi connectivity index (χ2n) is 6.24. The molecule has 122 valence electrons. The van der Waals surface area contributed by atoms with E-state index in [1.807, 2.05) is 36.4 Å². The predicted molar refractivity (Wildman–Crippen MR) is 90.8 cm³/mol. The fourth-order valence-electron chi connectivity index (χ4n) is 3.69. The highest BCUT2D eigenvalue weighted by atomic mass is 19.4. The minimum Gasteiger partial charge on any atom is -0.341 e. The molecular formula is C20H16F3N. The summed E-state index contributed by atoms with van der Waals surface area (Å²) >= 11 is 0. The molecule has 0 amide bonds. The summed E-state index contributed by atoms with van der Waals surface area (Å²) in [5.74, 6) is 0.174. The molecule has 0 saturated heterocycles. The molecule has 1 unspecified atom stereocenters. The van der Waals surface area contributed by atoms with Gasteiger partial charge in [-0.25, -0.2) is 0 Å². The van der Waals surface area contributed by atoms with Gasteiger partial charge >= 0.3 is 6.18 Å². The maximum atomic E-state index is 13.3. The first-order valence-electron chi connectivity index (χ1n) is 7.92. The van der Waals surface area contributed by atoms with Crippen LogP contribution in [0.25, 0.3) is 10.8 Å². The van der Waals surface area contributed by atoms with Crippen LogP contribution in [0.15, 0.2) is 60.7 Å². The van der Waals surface area contributed by atoms with Gasteiger partial charge in [-0.05, 0) is 40.6 Å². The molecule has 0 aromatic heterocycles. The first-order valence-corrected chi connectivity index (χ1v) is 7.92. The van der Waals surface area contributed by atoms with Gasteiger partial charge in [0, 0.05) is 23.8 Å². The van der Waals surface area contributed by atoms with E-state index in [0.29, 0.717) is 5.39 Å². The van der Waals surface area contributed by atoms with Gasteiger partial charge in [0.1, 0.15) is 0 Å². The van der Waals surface area contributed by atoms with Gasteiger partial charge in [-0.1, -0.05) is 43.3 Å². The van der Waals surface area contributed by atoms with Crippen molar-refractivity contribution in [2.45, 2.75) is 19.0 Å². The average Bonchev–Trinajstić information content (AvgIpc) is 2.91. The summed E-state index contributed by atoms with van der Waals surface area (Å²) in [6.07, 6.45) is -4.34. The summed E-state index contributed by atoms with van der Waals surface area (Å²) in [5.41, 5.74) is 2.51. The molecule has 0 saturated carbocycles. The van der Waals surface area contributed by atoms with Crippen molar-refractivity contribution in [2.75, 3.05) is 11.4 Å². The number of halogens is 3. The molecule has 1 aliphatic heterocycles. The van der Waals surface area contributed by atoms with Gasteiger partial charge in [0.15, 0.2) is 0 Å². The highest BCUT2D eigenvalue weighted by molar-refractivity contribution is 5.95. The third-order valence-electron chi connectivity index (χ3n) is 4.69. The van der Waals surface area contributed by atoms with Crippen LogP contribution in [-0.4, -0.2) is 6.54 Å². The molecule has 0 aliphatic carbocycles. The van der Waals surface area contributed by atoms with Crippen LogP contribution in [0.4, 0.5) is 24.5 Å². The Bertz CT molecular complexity index is 900. The van der Waals surface area contributed by atoms with Crippen molar-refractivity contribution in [3.05, 3.63) is 71.8 Å². The summed E-state index contributed by atoms with van der Waals surface area (Å²) in [7, 11) is 0. The lowest BCUT2D eigenvalue weighted by Gasteiger charge is -2.20. The van der Waals surface area contributed by atoms with E-state index in [-0.39, 0.29) is 11.3 Å². The summed E-state index contributed by atoms with van der Waals surface area (Å²) in [4.78, 5) is 2.18. The second kappa shape index (κ2) is 5.26. The van der Waals surface area contributed by atoms with Gasteiger partial charge in [0.05, 0.1) is 5.56 Å². The van der Waals surface area contributed by atoms with Crippen LogP contribution in [0, 0.1) is 0 Å². The number of alkyl halides is 3. The van der Waals surface area contributed by atoms with Gasteiger partial charge in [-0.2, -0.15) is 13.2 Å². The lowest BCUT2D eigenvalue weighted by molar-refractivity contribution is -0.136. The minimum absolute atomic E-state index is 0.174. The molecule has 0 bridgehead atoms. The van der Waals surface area contributed by atoms with E-state index < -0.39 is 11.7 Å². The number of nitrogens with zero attached hydrogens (tertiary/aromatic N) is 1. The first-order chi connectivity index (χ1) is 11.5. The van der Waals surface area contributed by atoms with Crippen LogP contribution in [-0.2, 0) is 6.18 Å².